The molecule has 1 aliphatic heterocycles. The first-order valence-corrected chi connectivity index (χ1v) is 10.7. The fourth-order valence-electron chi connectivity index (χ4n) is 4.09. The number of rotatable bonds is 6. The van der Waals surface area contributed by atoms with Crippen LogP contribution in [0.3, 0.4) is 0 Å². The molecule has 1 atom stereocenters. The van der Waals surface area contributed by atoms with Gasteiger partial charge in [0.1, 0.15) is 11.3 Å². The second-order valence-electron chi connectivity index (χ2n) is 8.14. The Labute approximate surface area is 182 Å². The number of benzene rings is 2. The Morgan fingerprint density at radius 2 is 1.94 bits per heavy atom. The highest BCUT2D eigenvalue weighted by Gasteiger charge is 2.30. The van der Waals surface area contributed by atoms with Crippen LogP contribution in [-0.4, -0.2) is 28.9 Å². The molecule has 0 spiro atoms. The SMILES string of the molecule is O=C(Nc1nn(C2CCCCO2)c2c(OC(F)F)cc(C3CC3)cc12)c1ccc(F)cc1. The molecule has 2 aliphatic rings. The molecule has 6 nitrogen and oxygen atoms in total. The molecule has 32 heavy (non-hydrogen) atoms. The molecule has 2 heterocycles. The molecule has 9 heteroatoms. The number of hydrogen-bond acceptors (Lipinski definition) is 4. The van der Waals surface area contributed by atoms with Crippen molar-refractivity contribution in [1.82, 2.24) is 9.78 Å². The zero-order chi connectivity index (χ0) is 22.2. The topological polar surface area (TPSA) is 65.4 Å². The van der Waals surface area contributed by atoms with Crippen LogP contribution < -0.4 is 10.1 Å². The number of carbonyl (C=O) groups is 1. The fourth-order valence-corrected chi connectivity index (χ4v) is 4.09. The second-order valence-corrected chi connectivity index (χ2v) is 8.14. The van der Waals surface area contributed by atoms with Crippen LogP contribution in [0.4, 0.5) is 19.0 Å². The molecule has 1 unspecified atom stereocenters. The molecular formula is C23H22F3N3O3. The van der Waals surface area contributed by atoms with E-state index in [-0.39, 0.29) is 23.0 Å². The number of halogens is 3. The van der Waals surface area contributed by atoms with E-state index >= 15 is 0 Å². The predicted octanol–water partition coefficient (Wildman–Crippen LogP) is 5.61. The van der Waals surface area contributed by atoms with Gasteiger partial charge in [0, 0.05) is 17.6 Å². The minimum absolute atomic E-state index is 0.0170. The zero-order valence-electron chi connectivity index (χ0n) is 17.2. The van der Waals surface area contributed by atoms with E-state index in [4.69, 9.17) is 9.47 Å². The van der Waals surface area contributed by atoms with Crippen LogP contribution in [0.1, 0.15) is 60.2 Å². The average Bonchev–Trinajstić information content (AvgIpc) is 3.57. The average molecular weight is 445 g/mol. The van der Waals surface area contributed by atoms with Gasteiger partial charge < -0.3 is 14.8 Å². The molecule has 0 radical (unpaired) electrons. The van der Waals surface area contributed by atoms with Crippen LogP contribution in [0.25, 0.3) is 10.9 Å². The van der Waals surface area contributed by atoms with Crippen molar-refractivity contribution in [2.75, 3.05) is 11.9 Å². The van der Waals surface area contributed by atoms with Crippen LogP contribution in [-0.2, 0) is 4.74 Å². The molecule has 1 saturated carbocycles. The lowest BCUT2D eigenvalue weighted by atomic mass is 10.1. The lowest BCUT2D eigenvalue weighted by Gasteiger charge is -2.24. The minimum Gasteiger partial charge on any atom is -0.432 e. The summed E-state index contributed by atoms with van der Waals surface area (Å²) in [5.74, 6) is -0.411. The molecule has 3 aromatic rings. The van der Waals surface area contributed by atoms with E-state index in [1.165, 1.54) is 28.9 Å². The van der Waals surface area contributed by atoms with Gasteiger partial charge in [0.25, 0.3) is 5.91 Å². The Morgan fingerprint density at radius 1 is 1.16 bits per heavy atom. The van der Waals surface area contributed by atoms with E-state index in [0.29, 0.717) is 23.9 Å². The maximum absolute atomic E-state index is 13.3. The van der Waals surface area contributed by atoms with E-state index in [1.807, 2.05) is 6.07 Å². The first kappa shape index (κ1) is 20.8. The molecule has 0 bridgehead atoms. The highest BCUT2D eigenvalue weighted by molar-refractivity contribution is 6.08. The molecule has 168 valence electrons. The van der Waals surface area contributed by atoms with E-state index in [9.17, 15) is 18.0 Å². The number of nitrogens with one attached hydrogen (secondary N) is 1. The van der Waals surface area contributed by atoms with E-state index in [2.05, 4.69) is 10.4 Å². The maximum Gasteiger partial charge on any atom is 0.387 e. The largest absolute Gasteiger partial charge is 0.432 e. The number of anilines is 1. The van der Waals surface area contributed by atoms with Gasteiger partial charge in [-0.25, -0.2) is 9.07 Å². The number of alkyl halides is 2. The summed E-state index contributed by atoms with van der Waals surface area (Å²) >= 11 is 0. The summed E-state index contributed by atoms with van der Waals surface area (Å²) in [6, 6.07) is 8.64. The van der Waals surface area contributed by atoms with Crippen LogP contribution in [0.5, 0.6) is 5.75 Å². The van der Waals surface area contributed by atoms with Gasteiger partial charge in [0.05, 0.1) is 0 Å². The molecule has 1 saturated heterocycles. The van der Waals surface area contributed by atoms with E-state index in [1.54, 1.807) is 6.07 Å². The minimum atomic E-state index is -3.00. The monoisotopic (exact) mass is 445 g/mol. The molecule has 1 aromatic heterocycles. The highest BCUT2D eigenvalue weighted by atomic mass is 19.3. The van der Waals surface area contributed by atoms with Crippen molar-refractivity contribution in [3.05, 3.63) is 53.3 Å². The standard InChI is InChI=1S/C23H22F3N3O3/c24-16-8-6-14(7-9-16)22(30)27-21-17-11-15(13-4-5-13)12-18(32-23(25)26)20(17)29(28-21)19-3-1-2-10-31-19/h6-9,11-13,19,23H,1-5,10H2,(H,27,28,30). The molecular weight excluding hydrogens is 423 g/mol. The Bertz CT molecular complexity index is 1140. The van der Waals surface area contributed by atoms with Gasteiger partial charge in [0.15, 0.2) is 17.8 Å². The van der Waals surface area contributed by atoms with E-state index in [0.717, 1.165) is 31.2 Å². The quantitative estimate of drug-likeness (QED) is 0.536. The summed E-state index contributed by atoms with van der Waals surface area (Å²) in [7, 11) is 0. The summed E-state index contributed by atoms with van der Waals surface area (Å²) in [5.41, 5.74) is 1.48. The summed E-state index contributed by atoms with van der Waals surface area (Å²) in [5, 5.41) is 7.81. The summed E-state index contributed by atoms with van der Waals surface area (Å²) in [6.07, 6.45) is 3.98. The fraction of sp³-hybridized carbons (Fsp3) is 0.391. The Balaban J connectivity index is 1.61. The zero-order valence-corrected chi connectivity index (χ0v) is 17.2. The van der Waals surface area contributed by atoms with Crippen LogP contribution >= 0.6 is 0 Å². The normalized spacial score (nSPS) is 18.8. The van der Waals surface area contributed by atoms with Gasteiger partial charge in [-0.3, -0.25) is 4.79 Å². The predicted molar refractivity (Wildman–Crippen MR) is 112 cm³/mol. The lowest BCUT2D eigenvalue weighted by Crippen LogP contribution is -2.20. The van der Waals surface area contributed by atoms with Crippen molar-refractivity contribution in [2.45, 2.75) is 50.9 Å². The number of amides is 1. The Morgan fingerprint density at radius 3 is 2.59 bits per heavy atom. The number of aromatic nitrogens is 2. The summed E-state index contributed by atoms with van der Waals surface area (Å²) in [6.45, 7) is -2.46. The lowest BCUT2D eigenvalue weighted by molar-refractivity contribution is -0.0517. The van der Waals surface area contributed by atoms with Gasteiger partial charge in [0.2, 0.25) is 0 Å². The van der Waals surface area contributed by atoms with Crippen molar-refractivity contribution in [2.24, 2.45) is 0 Å². The van der Waals surface area contributed by atoms with Crippen LogP contribution in [0.15, 0.2) is 36.4 Å². The summed E-state index contributed by atoms with van der Waals surface area (Å²) < 4.78 is 52.0. The van der Waals surface area contributed by atoms with Crippen molar-refractivity contribution >= 4 is 22.6 Å². The molecule has 1 N–H and O–H groups in total. The van der Waals surface area contributed by atoms with Crippen molar-refractivity contribution in [3.8, 4) is 5.75 Å². The number of fused-ring (bicyclic) bond motifs is 1. The first-order chi connectivity index (χ1) is 15.5. The highest BCUT2D eigenvalue weighted by Crippen LogP contribution is 2.45. The van der Waals surface area contributed by atoms with Crippen molar-refractivity contribution < 1.29 is 27.4 Å². The maximum atomic E-state index is 13.3. The number of nitrogens with zero attached hydrogens (tertiary/aromatic N) is 2. The first-order valence-electron chi connectivity index (χ1n) is 10.7. The van der Waals surface area contributed by atoms with E-state index < -0.39 is 24.6 Å². The molecule has 5 rings (SSSR count). The molecule has 2 fully saturated rings. The number of hydrogen-bond donors (Lipinski definition) is 1. The molecule has 1 amide bonds. The third-order valence-electron chi connectivity index (χ3n) is 5.82. The van der Waals surface area contributed by atoms with Gasteiger partial charge in [-0.15, -0.1) is 0 Å². The van der Waals surface area contributed by atoms with Gasteiger partial charge in [-0.05, 0) is 80.0 Å². The molecule has 2 aromatic carbocycles. The van der Waals surface area contributed by atoms with Crippen molar-refractivity contribution in [3.63, 3.8) is 0 Å². The Hall–Kier alpha value is -3.07. The van der Waals surface area contributed by atoms with Gasteiger partial charge >= 0.3 is 6.61 Å². The second kappa shape index (κ2) is 8.46. The molecule has 1 aliphatic carbocycles. The summed E-state index contributed by atoms with van der Waals surface area (Å²) in [4.78, 5) is 12.8. The third-order valence-corrected chi connectivity index (χ3v) is 5.82. The van der Waals surface area contributed by atoms with Gasteiger partial charge in [-0.1, -0.05) is 0 Å². The van der Waals surface area contributed by atoms with Crippen LogP contribution in [0.2, 0.25) is 0 Å². The number of carbonyl (C=O) groups excluding carboxylic acids is 1. The smallest absolute Gasteiger partial charge is 0.387 e. The third kappa shape index (κ3) is 4.17. The Kier molecular flexibility index (Phi) is 5.50. The van der Waals surface area contributed by atoms with Crippen LogP contribution in [0, 0.1) is 5.82 Å². The number of ether oxygens (including phenoxy) is 2. The van der Waals surface area contributed by atoms with Crippen molar-refractivity contribution in [1.29, 1.82) is 0 Å². The van der Waals surface area contributed by atoms with Gasteiger partial charge in [-0.2, -0.15) is 13.9 Å².